The van der Waals surface area contributed by atoms with Crippen LogP contribution in [0.25, 0.3) is 0 Å². The second-order valence-electron chi connectivity index (χ2n) is 6.34. The molecule has 0 spiro atoms. The van der Waals surface area contributed by atoms with Gasteiger partial charge in [0.1, 0.15) is 0 Å². The number of hydrogen-bond acceptors (Lipinski definition) is 5. The van der Waals surface area contributed by atoms with Crippen molar-refractivity contribution in [2.24, 2.45) is 0 Å². The lowest BCUT2D eigenvalue weighted by Crippen LogP contribution is -2.35. The predicted molar refractivity (Wildman–Crippen MR) is 110 cm³/mol. The summed E-state index contributed by atoms with van der Waals surface area (Å²) in [6.45, 7) is 1.88. The van der Waals surface area contributed by atoms with Gasteiger partial charge >= 0.3 is 0 Å². The number of carbonyl (C=O) groups excluding carboxylic acids is 2. The molecule has 3 rings (SSSR count). The van der Waals surface area contributed by atoms with Gasteiger partial charge in [0, 0.05) is 16.3 Å². The quantitative estimate of drug-likeness (QED) is 0.737. The molecule has 1 aliphatic rings. The fourth-order valence-corrected chi connectivity index (χ4v) is 4.19. The number of fused-ring (bicyclic) bond motifs is 1. The van der Waals surface area contributed by atoms with Crippen LogP contribution in [-0.4, -0.2) is 31.3 Å². The molecule has 1 aliphatic heterocycles. The average Bonchev–Trinajstić information content (AvgIpc) is 2.68. The highest BCUT2D eigenvalue weighted by Gasteiger charge is 2.29. The Bertz CT molecular complexity index is 906. The maximum atomic E-state index is 12.5. The number of thioether (sulfide) groups is 1. The second kappa shape index (κ2) is 8.75. The molecule has 2 N–H and O–H groups in total. The van der Waals surface area contributed by atoms with Crippen LogP contribution in [0.4, 0.5) is 5.69 Å². The van der Waals surface area contributed by atoms with Gasteiger partial charge in [-0.05, 0) is 42.8 Å². The van der Waals surface area contributed by atoms with Crippen LogP contribution in [0.5, 0.6) is 11.5 Å². The molecule has 148 valence electrons. The summed E-state index contributed by atoms with van der Waals surface area (Å²) in [7, 11) is 3.14. The molecule has 28 heavy (non-hydrogen) atoms. The highest BCUT2D eigenvalue weighted by molar-refractivity contribution is 8.01. The van der Waals surface area contributed by atoms with E-state index in [4.69, 9.17) is 21.1 Å². The lowest BCUT2D eigenvalue weighted by atomic mass is 10.1. The molecule has 0 bridgehead atoms. The van der Waals surface area contributed by atoms with E-state index in [1.54, 1.807) is 32.4 Å². The van der Waals surface area contributed by atoms with Crippen molar-refractivity contribution in [3.8, 4) is 11.5 Å². The van der Waals surface area contributed by atoms with Crippen molar-refractivity contribution >= 4 is 40.9 Å². The smallest absolute Gasteiger partial charge is 0.238 e. The monoisotopic (exact) mass is 420 g/mol. The fraction of sp³-hybridized carbons (Fsp3) is 0.300. The Kier molecular flexibility index (Phi) is 6.36. The molecule has 2 unspecified atom stereocenters. The van der Waals surface area contributed by atoms with Gasteiger partial charge in [-0.2, -0.15) is 0 Å². The average molecular weight is 421 g/mol. The van der Waals surface area contributed by atoms with Crippen molar-refractivity contribution in [1.82, 2.24) is 5.32 Å². The number of halogens is 1. The zero-order valence-corrected chi connectivity index (χ0v) is 17.3. The van der Waals surface area contributed by atoms with Crippen molar-refractivity contribution in [1.29, 1.82) is 0 Å². The number of rotatable bonds is 6. The number of carbonyl (C=O) groups is 2. The normalized spacial score (nSPS) is 16.6. The Hall–Kier alpha value is -2.38. The fourth-order valence-electron chi connectivity index (χ4n) is 2.93. The minimum atomic E-state index is -0.494. The summed E-state index contributed by atoms with van der Waals surface area (Å²) in [6, 6.07) is 10.6. The van der Waals surface area contributed by atoms with E-state index < -0.39 is 5.25 Å². The minimum absolute atomic E-state index is 0.0796. The molecule has 8 heteroatoms. The molecule has 2 amide bonds. The van der Waals surface area contributed by atoms with E-state index in [1.807, 2.05) is 25.1 Å². The van der Waals surface area contributed by atoms with E-state index >= 15 is 0 Å². The third kappa shape index (κ3) is 4.54. The third-order valence-corrected chi connectivity index (χ3v) is 5.93. The zero-order valence-electron chi connectivity index (χ0n) is 15.7. The van der Waals surface area contributed by atoms with Gasteiger partial charge in [-0.3, -0.25) is 9.59 Å². The van der Waals surface area contributed by atoms with Crippen molar-refractivity contribution < 1.29 is 19.1 Å². The first-order valence-corrected chi connectivity index (χ1v) is 9.95. The van der Waals surface area contributed by atoms with Crippen LogP contribution in [0.3, 0.4) is 0 Å². The SMILES string of the molecule is COc1ccc(C(C)NC(=O)CC2Sc3ccc(Cl)cc3NC2=O)cc1OC. The Morgan fingerprint density at radius 2 is 1.96 bits per heavy atom. The van der Waals surface area contributed by atoms with E-state index in [-0.39, 0.29) is 24.3 Å². The molecule has 0 aliphatic carbocycles. The first kappa shape index (κ1) is 20.4. The summed E-state index contributed by atoms with van der Waals surface area (Å²) in [5, 5.41) is 5.81. The lowest BCUT2D eigenvalue weighted by Gasteiger charge is -2.24. The minimum Gasteiger partial charge on any atom is -0.493 e. The molecule has 0 saturated carbocycles. The number of methoxy groups -OCH3 is 2. The van der Waals surface area contributed by atoms with Gasteiger partial charge in [0.2, 0.25) is 11.8 Å². The summed E-state index contributed by atoms with van der Waals surface area (Å²) >= 11 is 7.33. The third-order valence-electron chi connectivity index (χ3n) is 4.42. The number of anilines is 1. The molecule has 0 aromatic heterocycles. The summed E-state index contributed by atoms with van der Waals surface area (Å²) in [6.07, 6.45) is 0.0796. The van der Waals surface area contributed by atoms with E-state index in [0.29, 0.717) is 22.2 Å². The van der Waals surface area contributed by atoms with Crippen molar-refractivity contribution in [3.05, 3.63) is 47.0 Å². The Balaban J connectivity index is 1.64. The van der Waals surface area contributed by atoms with E-state index in [2.05, 4.69) is 10.6 Å². The van der Waals surface area contributed by atoms with Crippen LogP contribution >= 0.6 is 23.4 Å². The molecule has 0 saturated heterocycles. The highest BCUT2D eigenvalue weighted by Crippen LogP contribution is 2.38. The summed E-state index contributed by atoms with van der Waals surface area (Å²) < 4.78 is 10.5. The first-order chi connectivity index (χ1) is 13.4. The molecule has 2 aromatic carbocycles. The van der Waals surface area contributed by atoms with Crippen LogP contribution in [0, 0.1) is 0 Å². The molecule has 2 atom stereocenters. The van der Waals surface area contributed by atoms with Gasteiger partial charge in [-0.25, -0.2) is 0 Å². The number of amides is 2. The zero-order chi connectivity index (χ0) is 20.3. The van der Waals surface area contributed by atoms with Gasteiger partial charge in [-0.1, -0.05) is 17.7 Å². The van der Waals surface area contributed by atoms with Crippen molar-refractivity contribution in [3.63, 3.8) is 0 Å². The summed E-state index contributed by atoms with van der Waals surface area (Å²) in [5.41, 5.74) is 1.56. The number of benzene rings is 2. The van der Waals surface area contributed by atoms with Gasteiger partial charge in [0.15, 0.2) is 11.5 Å². The second-order valence-corrected chi connectivity index (χ2v) is 8.02. The number of hydrogen-bond donors (Lipinski definition) is 2. The van der Waals surface area contributed by atoms with Crippen LogP contribution in [0.2, 0.25) is 5.02 Å². The Morgan fingerprint density at radius 3 is 2.68 bits per heavy atom. The van der Waals surface area contributed by atoms with Gasteiger partial charge in [0.05, 0.1) is 31.2 Å². The van der Waals surface area contributed by atoms with Gasteiger partial charge in [-0.15, -0.1) is 11.8 Å². The molecule has 2 aromatic rings. The topological polar surface area (TPSA) is 76.7 Å². The van der Waals surface area contributed by atoms with E-state index in [9.17, 15) is 9.59 Å². The molecule has 0 fully saturated rings. The van der Waals surface area contributed by atoms with Crippen molar-refractivity contribution in [2.45, 2.75) is 29.5 Å². The summed E-state index contributed by atoms with van der Waals surface area (Å²) in [4.78, 5) is 25.7. The molecular weight excluding hydrogens is 400 g/mol. The number of nitrogens with one attached hydrogen (secondary N) is 2. The molecule has 1 heterocycles. The summed E-state index contributed by atoms with van der Waals surface area (Å²) in [5.74, 6) is 0.818. The standard InChI is InChI=1S/C20H21ClN2O4S/c1-11(12-4-6-15(26-2)16(8-12)27-3)22-19(24)10-18-20(25)23-14-9-13(21)5-7-17(14)28-18/h4-9,11,18H,10H2,1-3H3,(H,22,24)(H,23,25). The van der Waals surface area contributed by atoms with Crippen LogP contribution in [0.1, 0.15) is 24.9 Å². The van der Waals surface area contributed by atoms with Crippen molar-refractivity contribution in [2.75, 3.05) is 19.5 Å². The maximum absolute atomic E-state index is 12.5. The van der Waals surface area contributed by atoms with E-state index in [0.717, 1.165) is 10.5 Å². The maximum Gasteiger partial charge on any atom is 0.238 e. The predicted octanol–water partition coefficient (Wildman–Crippen LogP) is 4.04. The lowest BCUT2D eigenvalue weighted by molar-refractivity contribution is -0.124. The Morgan fingerprint density at radius 1 is 1.21 bits per heavy atom. The highest BCUT2D eigenvalue weighted by atomic mass is 35.5. The largest absolute Gasteiger partial charge is 0.493 e. The van der Waals surface area contributed by atoms with Gasteiger partial charge in [0.25, 0.3) is 0 Å². The van der Waals surface area contributed by atoms with Crippen LogP contribution in [0.15, 0.2) is 41.3 Å². The number of ether oxygens (including phenoxy) is 2. The Labute approximate surface area is 172 Å². The molecule has 0 radical (unpaired) electrons. The molecule has 6 nitrogen and oxygen atoms in total. The van der Waals surface area contributed by atoms with Crippen LogP contribution in [-0.2, 0) is 9.59 Å². The van der Waals surface area contributed by atoms with E-state index in [1.165, 1.54) is 11.8 Å². The van der Waals surface area contributed by atoms with Crippen LogP contribution < -0.4 is 20.1 Å². The van der Waals surface area contributed by atoms with Gasteiger partial charge < -0.3 is 20.1 Å². The first-order valence-electron chi connectivity index (χ1n) is 8.69. The molecular formula is C20H21ClN2O4S.